The third-order valence-corrected chi connectivity index (χ3v) is 5.86. The normalized spacial score (nSPS) is 35.5. The molecular formula is C14H19N5O3S. The number of aromatic nitrogens is 4. The Balaban J connectivity index is 1.87. The lowest BCUT2D eigenvalue weighted by molar-refractivity contribution is -0.145. The van der Waals surface area contributed by atoms with Gasteiger partial charge in [0.15, 0.2) is 27.9 Å². The number of nitrogens with one attached hydrogen (secondary N) is 1. The van der Waals surface area contributed by atoms with Gasteiger partial charge in [-0.25, -0.2) is 15.0 Å². The van der Waals surface area contributed by atoms with Crippen LogP contribution in [0.15, 0.2) is 11.5 Å². The lowest BCUT2D eigenvalue weighted by Gasteiger charge is -2.33. The standard InChI is InChI=1S/C14H19N5O3S/c1-15-9-8-10(18-12(17-9)23-2)19(6-16-8)14(22)4-7-3-13(7,5-20)11(14)21/h6-7,11,20-22H,3-5H2,1-2H3,(H,15,17,18). The number of rotatable bonds is 4. The van der Waals surface area contributed by atoms with Gasteiger partial charge in [-0.1, -0.05) is 11.8 Å². The van der Waals surface area contributed by atoms with Crippen LogP contribution in [0.5, 0.6) is 0 Å². The number of nitrogens with zero attached hydrogens (tertiary/aromatic N) is 4. The van der Waals surface area contributed by atoms with E-state index in [9.17, 15) is 15.3 Å². The number of aliphatic hydroxyl groups is 3. The van der Waals surface area contributed by atoms with Gasteiger partial charge in [0.25, 0.3) is 0 Å². The van der Waals surface area contributed by atoms with Gasteiger partial charge >= 0.3 is 0 Å². The molecule has 0 bridgehead atoms. The molecule has 2 heterocycles. The summed E-state index contributed by atoms with van der Waals surface area (Å²) in [5, 5.41) is 34.9. The molecule has 0 amide bonds. The molecule has 2 saturated carbocycles. The van der Waals surface area contributed by atoms with Crippen LogP contribution in [-0.4, -0.2) is 60.9 Å². The van der Waals surface area contributed by atoms with Gasteiger partial charge in [-0.15, -0.1) is 0 Å². The Bertz CT molecular complexity index is 779. The molecule has 0 saturated heterocycles. The maximum absolute atomic E-state index is 11.1. The number of hydrogen-bond donors (Lipinski definition) is 4. The van der Waals surface area contributed by atoms with Crippen LogP contribution in [0.2, 0.25) is 0 Å². The van der Waals surface area contributed by atoms with Crippen LogP contribution in [0.25, 0.3) is 11.2 Å². The van der Waals surface area contributed by atoms with Gasteiger partial charge in [-0.2, -0.15) is 0 Å². The summed E-state index contributed by atoms with van der Waals surface area (Å²) in [6.45, 7) is -0.124. The SMILES string of the molecule is CNc1nc(SC)nc2c1ncn2C1(O)CC2CC2(CO)C1O. The summed E-state index contributed by atoms with van der Waals surface area (Å²) in [6.07, 6.45) is 3.44. The predicted octanol–water partition coefficient (Wildman–Crippen LogP) is -0.00180. The summed E-state index contributed by atoms with van der Waals surface area (Å²) in [5.74, 6) is 0.701. The first kappa shape index (κ1) is 15.1. The largest absolute Gasteiger partial charge is 0.396 e. The average molecular weight is 337 g/mol. The Labute approximate surface area is 137 Å². The lowest BCUT2D eigenvalue weighted by atomic mass is 9.96. The molecule has 4 unspecified atom stereocenters. The maximum Gasteiger partial charge on any atom is 0.191 e. The molecule has 0 radical (unpaired) electrons. The highest BCUT2D eigenvalue weighted by atomic mass is 32.2. The van der Waals surface area contributed by atoms with Crippen molar-refractivity contribution in [3.8, 4) is 0 Å². The third kappa shape index (κ3) is 1.81. The van der Waals surface area contributed by atoms with Crippen LogP contribution in [0.3, 0.4) is 0 Å². The van der Waals surface area contributed by atoms with E-state index in [-0.39, 0.29) is 12.5 Å². The van der Waals surface area contributed by atoms with Crippen LogP contribution in [0.1, 0.15) is 12.8 Å². The Morgan fingerprint density at radius 1 is 1.43 bits per heavy atom. The zero-order valence-electron chi connectivity index (χ0n) is 12.9. The second-order valence-corrected chi connectivity index (χ2v) is 7.15. The molecule has 2 aromatic rings. The van der Waals surface area contributed by atoms with Crippen LogP contribution in [0, 0.1) is 11.3 Å². The summed E-state index contributed by atoms with van der Waals surface area (Å²) >= 11 is 1.39. The number of imidazole rings is 1. The van der Waals surface area contributed by atoms with E-state index in [4.69, 9.17) is 0 Å². The van der Waals surface area contributed by atoms with Crippen molar-refractivity contribution >= 4 is 28.7 Å². The van der Waals surface area contributed by atoms with Gasteiger partial charge in [-0.3, -0.25) is 4.57 Å². The smallest absolute Gasteiger partial charge is 0.191 e. The van der Waals surface area contributed by atoms with E-state index >= 15 is 0 Å². The van der Waals surface area contributed by atoms with E-state index < -0.39 is 17.2 Å². The Morgan fingerprint density at radius 3 is 2.83 bits per heavy atom. The van der Waals surface area contributed by atoms with Gasteiger partial charge < -0.3 is 20.6 Å². The number of thioether (sulfide) groups is 1. The Morgan fingerprint density at radius 2 is 2.22 bits per heavy atom. The molecule has 2 aliphatic carbocycles. The molecule has 124 valence electrons. The predicted molar refractivity (Wildman–Crippen MR) is 85.1 cm³/mol. The average Bonchev–Trinajstić information content (AvgIpc) is 3.00. The van der Waals surface area contributed by atoms with E-state index in [1.165, 1.54) is 22.7 Å². The van der Waals surface area contributed by atoms with Crippen LogP contribution >= 0.6 is 11.8 Å². The van der Waals surface area contributed by atoms with E-state index in [0.29, 0.717) is 28.6 Å². The molecule has 0 aliphatic heterocycles. The zero-order valence-corrected chi connectivity index (χ0v) is 13.7. The van der Waals surface area contributed by atoms with Crippen LogP contribution in [-0.2, 0) is 5.72 Å². The fraction of sp³-hybridized carbons (Fsp3) is 0.643. The first-order valence-corrected chi connectivity index (χ1v) is 8.71. The molecule has 4 N–H and O–H groups in total. The molecule has 0 aromatic carbocycles. The molecule has 2 fully saturated rings. The van der Waals surface area contributed by atoms with E-state index in [1.807, 2.05) is 6.26 Å². The van der Waals surface area contributed by atoms with Gasteiger partial charge in [-0.05, 0) is 18.6 Å². The molecule has 2 aromatic heterocycles. The minimum atomic E-state index is -1.50. The topological polar surface area (TPSA) is 116 Å². The molecule has 9 heteroatoms. The van der Waals surface area contributed by atoms with E-state index in [0.717, 1.165) is 6.42 Å². The third-order valence-electron chi connectivity index (χ3n) is 5.32. The number of aliphatic hydroxyl groups excluding tert-OH is 2. The first-order chi connectivity index (χ1) is 11.0. The molecule has 8 nitrogen and oxygen atoms in total. The highest BCUT2D eigenvalue weighted by Gasteiger charge is 2.72. The monoisotopic (exact) mass is 337 g/mol. The maximum atomic E-state index is 11.1. The lowest BCUT2D eigenvalue weighted by Crippen LogP contribution is -2.46. The summed E-state index contributed by atoms with van der Waals surface area (Å²) < 4.78 is 1.53. The number of anilines is 1. The number of hydrogen-bond acceptors (Lipinski definition) is 8. The fourth-order valence-corrected chi connectivity index (χ4v) is 4.24. The summed E-state index contributed by atoms with van der Waals surface area (Å²) in [6, 6.07) is 0. The molecule has 23 heavy (non-hydrogen) atoms. The highest BCUT2D eigenvalue weighted by Crippen LogP contribution is 2.67. The Kier molecular flexibility index (Phi) is 3.15. The minimum Gasteiger partial charge on any atom is -0.396 e. The van der Waals surface area contributed by atoms with Crippen molar-refractivity contribution in [2.24, 2.45) is 11.3 Å². The molecular weight excluding hydrogens is 318 g/mol. The van der Waals surface area contributed by atoms with E-state index in [2.05, 4.69) is 20.3 Å². The second-order valence-electron chi connectivity index (χ2n) is 6.37. The zero-order chi connectivity index (χ0) is 16.4. The van der Waals surface area contributed by atoms with Gasteiger partial charge in [0.2, 0.25) is 0 Å². The minimum absolute atomic E-state index is 0.121. The molecule has 4 rings (SSSR count). The van der Waals surface area contributed by atoms with Gasteiger partial charge in [0.05, 0.1) is 12.9 Å². The quantitative estimate of drug-likeness (QED) is 0.455. The molecule has 0 spiro atoms. The van der Waals surface area contributed by atoms with Crippen LogP contribution in [0.4, 0.5) is 5.82 Å². The second kappa shape index (κ2) is 4.79. The van der Waals surface area contributed by atoms with Gasteiger partial charge in [0.1, 0.15) is 6.10 Å². The fourth-order valence-electron chi connectivity index (χ4n) is 3.88. The molecule has 2 aliphatic rings. The van der Waals surface area contributed by atoms with Crippen molar-refractivity contribution in [2.75, 3.05) is 25.2 Å². The molecule has 4 atom stereocenters. The van der Waals surface area contributed by atoms with Crippen molar-refractivity contribution in [1.29, 1.82) is 0 Å². The van der Waals surface area contributed by atoms with Crippen molar-refractivity contribution in [3.63, 3.8) is 0 Å². The van der Waals surface area contributed by atoms with Crippen molar-refractivity contribution < 1.29 is 15.3 Å². The Hall–Kier alpha value is -1.42. The van der Waals surface area contributed by atoms with Gasteiger partial charge in [0, 0.05) is 18.9 Å². The summed E-state index contributed by atoms with van der Waals surface area (Å²) in [7, 11) is 1.75. The summed E-state index contributed by atoms with van der Waals surface area (Å²) in [5.41, 5.74) is -1.07. The summed E-state index contributed by atoms with van der Waals surface area (Å²) in [4.78, 5) is 13.1. The highest BCUT2D eigenvalue weighted by molar-refractivity contribution is 7.98. The van der Waals surface area contributed by atoms with Crippen molar-refractivity contribution in [1.82, 2.24) is 19.5 Å². The van der Waals surface area contributed by atoms with Crippen molar-refractivity contribution in [3.05, 3.63) is 6.33 Å². The first-order valence-electron chi connectivity index (χ1n) is 7.49. The number of fused-ring (bicyclic) bond motifs is 2. The van der Waals surface area contributed by atoms with E-state index in [1.54, 1.807) is 7.05 Å². The van der Waals surface area contributed by atoms with Crippen LogP contribution < -0.4 is 5.32 Å². The van der Waals surface area contributed by atoms with Crippen molar-refractivity contribution in [2.45, 2.75) is 29.8 Å².